The molecule has 0 aliphatic heterocycles. The summed E-state index contributed by atoms with van der Waals surface area (Å²) < 4.78 is 31.7. The summed E-state index contributed by atoms with van der Waals surface area (Å²) in [6.07, 6.45) is 0.395. The van der Waals surface area contributed by atoms with Crippen molar-refractivity contribution in [1.82, 2.24) is 5.32 Å². The first-order chi connectivity index (χ1) is 10.8. The van der Waals surface area contributed by atoms with Gasteiger partial charge in [-0.2, -0.15) is 0 Å². The molecule has 0 fully saturated rings. The lowest BCUT2D eigenvalue weighted by Crippen LogP contribution is -2.34. The van der Waals surface area contributed by atoms with Crippen LogP contribution in [0.5, 0.6) is 0 Å². The fourth-order valence-corrected chi connectivity index (χ4v) is 1.85. The zero-order valence-corrected chi connectivity index (χ0v) is 13.6. The van der Waals surface area contributed by atoms with Gasteiger partial charge in [0.05, 0.1) is 12.7 Å². The number of hydrogen-bond donors (Lipinski definition) is 2. The number of nitrogens with one attached hydrogen (secondary N) is 1. The third-order valence-electron chi connectivity index (χ3n) is 2.98. The molecule has 1 unspecified atom stereocenters. The van der Waals surface area contributed by atoms with Crippen molar-refractivity contribution in [3.05, 3.63) is 41.5 Å². The van der Waals surface area contributed by atoms with Crippen LogP contribution >= 0.6 is 0 Å². The maximum atomic E-state index is 13.6. The maximum Gasteiger partial charge on any atom is 0.244 e. The molecular formula is C17H23F2NO3. The average Bonchev–Trinajstić information content (AvgIpc) is 2.44. The molecule has 0 bridgehead atoms. The SMILES string of the molecule is CC(=CC(=O)NCC(O)COCC(C)C)c1ccc(F)cc1F. The zero-order valence-electron chi connectivity index (χ0n) is 13.6. The molecule has 1 atom stereocenters. The quantitative estimate of drug-likeness (QED) is 0.721. The largest absolute Gasteiger partial charge is 0.389 e. The molecule has 0 saturated heterocycles. The number of aliphatic hydroxyl groups is 1. The van der Waals surface area contributed by atoms with Crippen LogP contribution in [0.3, 0.4) is 0 Å². The molecule has 128 valence electrons. The molecule has 23 heavy (non-hydrogen) atoms. The molecule has 1 rings (SSSR count). The lowest BCUT2D eigenvalue weighted by Gasteiger charge is -2.13. The van der Waals surface area contributed by atoms with Crippen molar-refractivity contribution in [2.75, 3.05) is 19.8 Å². The van der Waals surface area contributed by atoms with Crippen molar-refractivity contribution in [2.24, 2.45) is 5.92 Å². The summed E-state index contributed by atoms with van der Waals surface area (Å²) in [4.78, 5) is 11.8. The van der Waals surface area contributed by atoms with Gasteiger partial charge in [0.1, 0.15) is 11.6 Å². The van der Waals surface area contributed by atoms with E-state index in [4.69, 9.17) is 4.74 Å². The summed E-state index contributed by atoms with van der Waals surface area (Å²) in [6.45, 7) is 6.25. The average molecular weight is 327 g/mol. The summed E-state index contributed by atoms with van der Waals surface area (Å²) in [5.74, 6) is -1.50. The highest BCUT2D eigenvalue weighted by Crippen LogP contribution is 2.18. The van der Waals surface area contributed by atoms with Crippen LogP contribution < -0.4 is 5.32 Å². The van der Waals surface area contributed by atoms with Crippen LogP contribution in [-0.2, 0) is 9.53 Å². The van der Waals surface area contributed by atoms with E-state index >= 15 is 0 Å². The molecule has 0 heterocycles. The Morgan fingerprint density at radius 2 is 2.04 bits per heavy atom. The van der Waals surface area contributed by atoms with E-state index in [1.54, 1.807) is 6.92 Å². The van der Waals surface area contributed by atoms with Crippen molar-refractivity contribution in [1.29, 1.82) is 0 Å². The van der Waals surface area contributed by atoms with Gasteiger partial charge in [0, 0.05) is 30.9 Å². The minimum absolute atomic E-state index is 0.0343. The lowest BCUT2D eigenvalue weighted by molar-refractivity contribution is -0.117. The number of amides is 1. The minimum Gasteiger partial charge on any atom is -0.389 e. The molecular weight excluding hydrogens is 304 g/mol. The van der Waals surface area contributed by atoms with E-state index in [1.165, 1.54) is 12.1 Å². The first-order valence-electron chi connectivity index (χ1n) is 7.47. The monoisotopic (exact) mass is 327 g/mol. The standard InChI is InChI=1S/C17H23F2NO3/c1-11(2)9-23-10-14(21)8-20-17(22)6-12(3)15-5-4-13(18)7-16(15)19/h4-7,11,14,21H,8-10H2,1-3H3,(H,20,22). The molecule has 2 N–H and O–H groups in total. The molecule has 0 spiro atoms. The van der Waals surface area contributed by atoms with Crippen LogP contribution in [0, 0.1) is 17.6 Å². The third kappa shape index (κ3) is 7.34. The molecule has 1 aromatic carbocycles. The summed E-state index contributed by atoms with van der Waals surface area (Å²) in [7, 11) is 0. The van der Waals surface area contributed by atoms with Crippen LogP contribution in [0.2, 0.25) is 0 Å². The molecule has 1 aromatic rings. The normalized spacial score (nSPS) is 13.3. The molecule has 0 aliphatic carbocycles. The molecule has 1 amide bonds. The van der Waals surface area contributed by atoms with E-state index in [2.05, 4.69) is 5.32 Å². The fraction of sp³-hybridized carbons (Fsp3) is 0.471. The van der Waals surface area contributed by atoms with Gasteiger partial charge in [-0.1, -0.05) is 13.8 Å². The molecule has 0 aliphatic rings. The first-order valence-corrected chi connectivity index (χ1v) is 7.47. The number of ether oxygens (including phenoxy) is 1. The van der Waals surface area contributed by atoms with E-state index in [-0.39, 0.29) is 18.7 Å². The molecule has 6 heteroatoms. The second kappa shape index (κ2) is 9.37. The number of carbonyl (C=O) groups excluding carboxylic acids is 1. The second-order valence-electron chi connectivity index (χ2n) is 5.78. The van der Waals surface area contributed by atoms with E-state index in [1.807, 2.05) is 13.8 Å². The minimum atomic E-state index is -0.811. The Bertz CT molecular complexity index is 559. The van der Waals surface area contributed by atoms with E-state index in [0.717, 1.165) is 12.1 Å². The van der Waals surface area contributed by atoms with E-state index in [0.29, 0.717) is 18.1 Å². The number of carbonyl (C=O) groups is 1. The van der Waals surface area contributed by atoms with Crippen LogP contribution in [0.25, 0.3) is 5.57 Å². The lowest BCUT2D eigenvalue weighted by atomic mass is 10.1. The zero-order chi connectivity index (χ0) is 17.4. The number of hydrogen-bond acceptors (Lipinski definition) is 3. The van der Waals surface area contributed by atoms with Gasteiger partial charge in [-0.05, 0) is 30.5 Å². The van der Waals surface area contributed by atoms with Crippen molar-refractivity contribution in [3.8, 4) is 0 Å². The second-order valence-corrected chi connectivity index (χ2v) is 5.78. The van der Waals surface area contributed by atoms with Crippen LogP contribution in [0.1, 0.15) is 26.3 Å². The highest BCUT2D eigenvalue weighted by molar-refractivity contribution is 5.94. The van der Waals surface area contributed by atoms with Crippen molar-refractivity contribution < 1.29 is 23.4 Å². The van der Waals surface area contributed by atoms with Crippen molar-refractivity contribution in [2.45, 2.75) is 26.9 Å². The Labute approximate surface area is 135 Å². The topological polar surface area (TPSA) is 58.6 Å². The summed E-state index contributed by atoms with van der Waals surface area (Å²) in [5.41, 5.74) is 0.521. The van der Waals surface area contributed by atoms with Crippen LogP contribution in [0.4, 0.5) is 8.78 Å². The van der Waals surface area contributed by atoms with Gasteiger partial charge in [-0.25, -0.2) is 8.78 Å². The smallest absolute Gasteiger partial charge is 0.244 e. The molecule has 0 radical (unpaired) electrons. The fourth-order valence-electron chi connectivity index (χ4n) is 1.85. The third-order valence-corrected chi connectivity index (χ3v) is 2.98. The summed E-state index contributed by atoms with van der Waals surface area (Å²) in [6, 6.07) is 3.17. The van der Waals surface area contributed by atoms with Gasteiger partial charge < -0.3 is 15.2 Å². The van der Waals surface area contributed by atoms with Crippen LogP contribution in [0.15, 0.2) is 24.3 Å². The van der Waals surface area contributed by atoms with Gasteiger partial charge in [-0.3, -0.25) is 4.79 Å². The number of benzene rings is 1. The first kappa shape index (κ1) is 19.3. The predicted molar refractivity (Wildman–Crippen MR) is 84.7 cm³/mol. The van der Waals surface area contributed by atoms with Gasteiger partial charge in [0.2, 0.25) is 5.91 Å². The predicted octanol–water partition coefficient (Wildman–Crippen LogP) is 2.52. The van der Waals surface area contributed by atoms with Gasteiger partial charge in [0.25, 0.3) is 0 Å². The Kier molecular flexibility index (Phi) is 7.85. The molecule has 4 nitrogen and oxygen atoms in total. The van der Waals surface area contributed by atoms with Crippen molar-refractivity contribution in [3.63, 3.8) is 0 Å². The van der Waals surface area contributed by atoms with E-state index in [9.17, 15) is 18.7 Å². The van der Waals surface area contributed by atoms with E-state index < -0.39 is 23.6 Å². The highest BCUT2D eigenvalue weighted by atomic mass is 19.1. The number of aliphatic hydroxyl groups excluding tert-OH is 1. The van der Waals surface area contributed by atoms with Crippen molar-refractivity contribution >= 4 is 11.5 Å². The summed E-state index contributed by atoms with van der Waals surface area (Å²) in [5, 5.41) is 12.2. The number of halogens is 2. The Hall–Kier alpha value is -1.79. The van der Waals surface area contributed by atoms with Gasteiger partial charge in [-0.15, -0.1) is 0 Å². The van der Waals surface area contributed by atoms with Gasteiger partial charge >= 0.3 is 0 Å². The van der Waals surface area contributed by atoms with Gasteiger partial charge in [0.15, 0.2) is 0 Å². The highest BCUT2D eigenvalue weighted by Gasteiger charge is 2.09. The Morgan fingerprint density at radius 3 is 2.65 bits per heavy atom. The number of allylic oxidation sites excluding steroid dienone is 1. The summed E-state index contributed by atoms with van der Waals surface area (Å²) >= 11 is 0. The molecule has 0 saturated carbocycles. The molecule has 0 aromatic heterocycles. The maximum absolute atomic E-state index is 13.6. The Balaban J connectivity index is 2.48. The Morgan fingerprint density at radius 1 is 1.35 bits per heavy atom. The number of rotatable bonds is 8. The van der Waals surface area contributed by atoms with Crippen LogP contribution in [-0.4, -0.2) is 36.9 Å².